The molecule has 6 rings (SSSR count). The second-order valence-electron chi connectivity index (χ2n) is 11.8. The molecule has 0 radical (unpaired) electrons. The number of benzene rings is 4. The predicted octanol–water partition coefficient (Wildman–Crippen LogP) is 7.38. The van der Waals surface area contributed by atoms with Crippen LogP contribution in [0.3, 0.4) is 0 Å². The van der Waals surface area contributed by atoms with Crippen LogP contribution in [-0.4, -0.2) is 46.5 Å². The van der Waals surface area contributed by atoms with Crippen molar-refractivity contribution in [3.8, 4) is 35.1 Å². The van der Waals surface area contributed by atoms with Crippen LogP contribution in [0.1, 0.15) is 51.8 Å². The van der Waals surface area contributed by atoms with Gasteiger partial charge in [0.15, 0.2) is 38.2 Å². The van der Waals surface area contributed by atoms with Crippen molar-refractivity contribution >= 4 is 19.7 Å². The summed E-state index contributed by atoms with van der Waals surface area (Å²) in [6.45, 7) is 0. The molecule has 0 unspecified atom stereocenters. The molecular formula is C34H23F7N2O7S2. The topological polar surface area (TPSA) is 155 Å². The standard InChI is InChI=1S/C17H11F4NO3S.C17H12F3NO4S/c1-26(23,24)12-3-2-11(13-14(12)16(20)17(21)15(13)19)25-10-5-8(7-22)4-9(18)6-10;1-26(23,24)14-3-2-13(12-7-17(19,20)16(22)15(12)14)25-11-5-9(8-21)4-10(18)6-11/h2-6,15-17H,1H3;2-6,16,22H,7H2,1H3/t15-,16+,17-;16-/m10/s1. The zero-order valence-corrected chi connectivity index (χ0v) is 28.2. The highest BCUT2D eigenvalue weighted by Crippen LogP contribution is 2.53. The number of ether oxygens (including phenoxy) is 2. The minimum atomic E-state index is -3.95. The van der Waals surface area contributed by atoms with Crippen LogP contribution >= 0.6 is 0 Å². The van der Waals surface area contributed by atoms with Crippen LogP contribution in [0.4, 0.5) is 30.7 Å². The Bertz CT molecular complexity index is 2410. The monoisotopic (exact) mass is 768 g/mol. The quantitative estimate of drug-likeness (QED) is 0.198. The van der Waals surface area contributed by atoms with Crippen LogP contribution in [0.25, 0.3) is 0 Å². The van der Waals surface area contributed by atoms with Crippen LogP contribution in [0.15, 0.2) is 70.5 Å². The number of nitriles is 2. The number of aliphatic hydroxyl groups is 1. The highest BCUT2D eigenvalue weighted by atomic mass is 32.2. The molecule has 2 aliphatic carbocycles. The molecule has 0 saturated carbocycles. The molecule has 4 atom stereocenters. The summed E-state index contributed by atoms with van der Waals surface area (Å²) in [6.07, 6.45) is -9.09. The van der Waals surface area contributed by atoms with E-state index in [0.717, 1.165) is 61.0 Å². The average molecular weight is 769 g/mol. The minimum Gasteiger partial charge on any atom is -0.457 e. The summed E-state index contributed by atoms with van der Waals surface area (Å²) >= 11 is 0. The highest BCUT2D eigenvalue weighted by Gasteiger charge is 2.50. The summed E-state index contributed by atoms with van der Waals surface area (Å²) in [4.78, 5) is -0.950. The number of aliphatic hydroxyl groups excluding tert-OH is 1. The molecule has 0 saturated heterocycles. The van der Waals surface area contributed by atoms with E-state index >= 15 is 0 Å². The second kappa shape index (κ2) is 13.8. The molecule has 0 spiro atoms. The Balaban J connectivity index is 0.000000201. The van der Waals surface area contributed by atoms with Crippen molar-refractivity contribution in [2.45, 2.75) is 46.8 Å². The largest absolute Gasteiger partial charge is 0.457 e. The molecule has 0 heterocycles. The number of rotatable bonds is 6. The first-order chi connectivity index (χ1) is 24.2. The average Bonchev–Trinajstić information content (AvgIpc) is 3.43. The molecule has 4 aromatic carbocycles. The number of nitrogens with zero attached hydrogens (tertiary/aromatic N) is 2. The van der Waals surface area contributed by atoms with Crippen LogP contribution in [0.5, 0.6) is 23.0 Å². The molecule has 0 bridgehead atoms. The van der Waals surface area contributed by atoms with Crippen LogP contribution in [-0.2, 0) is 26.1 Å². The maximum absolute atomic E-state index is 14.3. The Hall–Kier alpha value is -5.17. The van der Waals surface area contributed by atoms with Crippen LogP contribution < -0.4 is 9.47 Å². The molecule has 1 N–H and O–H groups in total. The summed E-state index contributed by atoms with van der Waals surface area (Å²) in [5.41, 5.74) is -1.92. The molecule has 0 aromatic heterocycles. The summed E-state index contributed by atoms with van der Waals surface area (Å²) in [6, 6.07) is 13.8. The van der Waals surface area contributed by atoms with Gasteiger partial charge in [-0.15, -0.1) is 0 Å². The van der Waals surface area contributed by atoms with E-state index < -0.39 is 94.8 Å². The van der Waals surface area contributed by atoms with Gasteiger partial charge in [0, 0.05) is 53.3 Å². The van der Waals surface area contributed by atoms with Gasteiger partial charge in [-0.3, -0.25) is 0 Å². The van der Waals surface area contributed by atoms with Crippen molar-refractivity contribution in [1.29, 1.82) is 10.5 Å². The van der Waals surface area contributed by atoms with E-state index in [1.165, 1.54) is 12.1 Å². The van der Waals surface area contributed by atoms with Gasteiger partial charge in [-0.25, -0.2) is 47.6 Å². The van der Waals surface area contributed by atoms with E-state index in [9.17, 15) is 52.7 Å². The number of hydrogen-bond donors (Lipinski definition) is 1. The Morgan fingerprint density at radius 1 is 0.712 bits per heavy atom. The van der Waals surface area contributed by atoms with E-state index in [0.29, 0.717) is 0 Å². The summed E-state index contributed by atoms with van der Waals surface area (Å²) < 4.78 is 156. The maximum atomic E-state index is 14.3. The van der Waals surface area contributed by atoms with Gasteiger partial charge in [0.05, 0.1) is 33.1 Å². The third kappa shape index (κ3) is 7.41. The van der Waals surface area contributed by atoms with Gasteiger partial charge >= 0.3 is 0 Å². The predicted molar refractivity (Wildman–Crippen MR) is 168 cm³/mol. The van der Waals surface area contributed by atoms with Gasteiger partial charge in [0.1, 0.15) is 40.7 Å². The smallest absolute Gasteiger partial charge is 0.281 e. The Morgan fingerprint density at radius 2 is 1.15 bits per heavy atom. The minimum absolute atomic E-state index is 0.0326. The van der Waals surface area contributed by atoms with E-state index in [4.69, 9.17) is 20.0 Å². The van der Waals surface area contributed by atoms with Gasteiger partial charge in [-0.2, -0.15) is 10.5 Å². The van der Waals surface area contributed by atoms with Gasteiger partial charge in [0.2, 0.25) is 0 Å². The molecular weight excluding hydrogens is 746 g/mol. The fourth-order valence-corrected chi connectivity index (χ4v) is 7.63. The molecule has 18 heteroatoms. The molecule has 4 aromatic rings. The van der Waals surface area contributed by atoms with Crippen molar-refractivity contribution in [2.75, 3.05) is 12.5 Å². The molecule has 272 valence electrons. The Kier molecular flexibility index (Phi) is 10.1. The number of sulfone groups is 2. The lowest BCUT2D eigenvalue weighted by Gasteiger charge is -2.15. The lowest BCUT2D eigenvalue weighted by atomic mass is 10.1. The van der Waals surface area contributed by atoms with Gasteiger partial charge < -0.3 is 14.6 Å². The summed E-state index contributed by atoms with van der Waals surface area (Å²) in [5, 5.41) is 27.6. The van der Waals surface area contributed by atoms with Gasteiger partial charge in [-0.05, 0) is 48.5 Å². The van der Waals surface area contributed by atoms with Crippen LogP contribution in [0.2, 0.25) is 0 Å². The molecule has 52 heavy (non-hydrogen) atoms. The van der Waals surface area contributed by atoms with Crippen molar-refractivity contribution in [3.63, 3.8) is 0 Å². The van der Waals surface area contributed by atoms with Crippen LogP contribution in [0, 0.1) is 34.3 Å². The Morgan fingerprint density at radius 3 is 1.63 bits per heavy atom. The summed E-state index contributed by atoms with van der Waals surface area (Å²) in [5.74, 6) is -5.92. The number of halogens is 7. The molecule has 0 fully saturated rings. The number of hydrogen-bond acceptors (Lipinski definition) is 9. The highest BCUT2D eigenvalue weighted by molar-refractivity contribution is 7.91. The number of alkyl halides is 5. The molecule has 9 nitrogen and oxygen atoms in total. The van der Waals surface area contributed by atoms with Crippen molar-refractivity contribution < 1.29 is 62.1 Å². The zero-order valence-electron chi connectivity index (χ0n) is 26.5. The first-order valence-corrected chi connectivity index (χ1v) is 18.4. The fraction of sp³-hybridized carbons (Fsp3) is 0.235. The number of fused-ring (bicyclic) bond motifs is 2. The zero-order chi connectivity index (χ0) is 38.5. The second-order valence-corrected chi connectivity index (χ2v) is 15.7. The summed E-state index contributed by atoms with van der Waals surface area (Å²) in [7, 11) is -7.82. The van der Waals surface area contributed by atoms with Crippen molar-refractivity contribution in [1.82, 2.24) is 0 Å². The van der Waals surface area contributed by atoms with E-state index in [-0.39, 0.29) is 39.7 Å². The van der Waals surface area contributed by atoms with Gasteiger partial charge in [-0.1, -0.05) is 0 Å². The van der Waals surface area contributed by atoms with E-state index in [2.05, 4.69) is 0 Å². The lowest BCUT2D eigenvalue weighted by Crippen LogP contribution is -2.22. The fourth-order valence-electron chi connectivity index (χ4n) is 5.74. The molecule has 2 aliphatic rings. The third-order valence-corrected chi connectivity index (χ3v) is 10.2. The van der Waals surface area contributed by atoms with Gasteiger partial charge in [0.25, 0.3) is 5.92 Å². The SMILES string of the molecule is CS(=O)(=O)c1ccc(Oc2cc(F)cc(C#N)c2)c2c1[C@H](F)[C@H](F)[C@@H]2F.CS(=O)(=O)c1ccc(Oc2cc(F)cc(C#N)c2)c2c1[C@H](O)C(F)(F)C2. The lowest BCUT2D eigenvalue weighted by molar-refractivity contribution is -0.0976. The van der Waals surface area contributed by atoms with Crippen molar-refractivity contribution in [2.24, 2.45) is 0 Å². The first kappa shape index (κ1) is 38.1. The third-order valence-electron chi connectivity index (χ3n) is 7.93. The van der Waals surface area contributed by atoms with E-state index in [1.54, 1.807) is 12.1 Å². The van der Waals surface area contributed by atoms with E-state index in [1.807, 2.05) is 0 Å². The molecule has 0 amide bonds. The maximum Gasteiger partial charge on any atom is 0.281 e. The molecule has 0 aliphatic heterocycles. The normalized spacial score (nSPS) is 20.1. The first-order valence-electron chi connectivity index (χ1n) is 14.6. The Labute approximate surface area is 291 Å². The van der Waals surface area contributed by atoms with Crippen molar-refractivity contribution in [3.05, 3.63) is 106 Å².